The normalized spacial score (nSPS) is 30.4. The number of likely N-dealkylation sites (tertiary alicyclic amines) is 1. The number of hydrogen-bond acceptors (Lipinski definition) is 6. The Morgan fingerprint density at radius 3 is 3.10 bits per heavy atom. The molecule has 2 aliphatic carbocycles. The number of amides is 1. The molecule has 0 unspecified atom stereocenters. The van der Waals surface area contributed by atoms with Crippen molar-refractivity contribution in [1.29, 1.82) is 0 Å². The second kappa shape index (κ2) is 7.64. The van der Waals surface area contributed by atoms with Crippen LogP contribution in [0.1, 0.15) is 30.4 Å². The number of piperidine rings is 1. The first-order valence-corrected chi connectivity index (χ1v) is 11.3. The lowest BCUT2D eigenvalue weighted by Gasteiger charge is -2.57. The number of Topliss-reactive ketones (excluding diaryl/α,β-unsaturated/α-hetero) is 1. The van der Waals surface area contributed by atoms with Crippen molar-refractivity contribution in [2.24, 2.45) is 5.92 Å². The number of nitrogens with one attached hydrogen (secondary N) is 1. The van der Waals surface area contributed by atoms with Crippen LogP contribution in [0.15, 0.2) is 24.8 Å². The minimum Gasteiger partial charge on any atom is -0.477 e. The van der Waals surface area contributed by atoms with E-state index in [1.807, 2.05) is 19.2 Å². The standard InChI is InChI=1S/C24H31N3O4/c1-4-11-27-12-9-24-16-6-7-18(28)22(24)31-21-19(30-23(29)26(3)13-10-25-2)8-5-15(20(21)24)14-17(16)27/h4-5,8,16-17,22,25H,1,6-7,9-14H2,2-3H3/t16-,17+,22-,24-/m0/s1. The van der Waals surface area contributed by atoms with E-state index in [0.717, 1.165) is 37.9 Å². The zero-order chi connectivity index (χ0) is 21.8. The Balaban J connectivity index is 1.54. The number of hydrogen-bond donors (Lipinski definition) is 1. The van der Waals surface area contributed by atoms with Gasteiger partial charge in [-0.3, -0.25) is 9.69 Å². The largest absolute Gasteiger partial charge is 0.477 e. The van der Waals surface area contributed by atoms with Gasteiger partial charge in [0.05, 0.1) is 0 Å². The van der Waals surface area contributed by atoms with Crippen LogP contribution in [0.3, 0.4) is 0 Å². The number of carbonyl (C=O) groups excluding carboxylic acids is 2. The molecule has 4 atom stereocenters. The molecule has 2 aliphatic heterocycles. The quantitative estimate of drug-likeness (QED) is 0.704. The van der Waals surface area contributed by atoms with Gasteiger partial charge in [0.15, 0.2) is 23.4 Å². The van der Waals surface area contributed by atoms with Gasteiger partial charge < -0.3 is 19.7 Å². The van der Waals surface area contributed by atoms with Crippen molar-refractivity contribution >= 4 is 11.9 Å². The summed E-state index contributed by atoms with van der Waals surface area (Å²) in [7, 11) is 3.56. The molecule has 31 heavy (non-hydrogen) atoms. The zero-order valence-corrected chi connectivity index (χ0v) is 18.4. The Bertz CT molecular complexity index is 932. The van der Waals surface area contributed by atoms with Gasteiger partial charge in [0.1, 0.15) is 0 Å². The highest BCUT2D eigenvalue weighted by Gasteiger charge is 2.65. The van der Waals surface area contributed by atoms with Crippen LogP contribution in [0, 0.1) is 5.92 Å². The first-order valence-electron chi connectivity index (χ1n) is 11.3. The summed E-state index contributed by atoms with van der Waals surface area (Å²) < 4.78 is 12.1. The third-order valence-corrected chi connectivity index (χ3v) is 7.78. The van der Waals surface area contributed by atoms with Crippen molar-refractivity contribution in [3.05, 3.63) is 35.9 Å². The van der Waals surface area contributed by atoms with Crippen LogP contribution in [0.4, 0.5) is 4.79 Å². The molecule has 1 aromatic rings. The summed E-state index contributed by atoms with van der Waals surface area (Å²) in [4.78, 5) is 29.7. The van der Waals surface area contributed by atoms with Crippen LogP contribution in [-0.2, 0) is 16.6 Å². The highest BCUT2D eigenvalue weighted by molar-refractivity contribution is 5.89. The number of nitrogens with zero attached hydrogens (tertiary/aromatic N) is 2. The van der Waals surface area contributed by atoms with Crippen LogP contribution in [0.5, 0.6) is 11.5 Å². The second-order valence-corrected chi connectivity index (χ2v) is 9.27. The molecule has 5 rings (SSSR count). The summed E-state index contributed by atoms with van der Waals surface area (Å²) >= 11 is 0. The van der Waals surface area contributed by atoms with Crippen LogP contribution in [-0.4, -0.2) is 74.1 Å². The smallest absolute Gasteiger partial charge is 0.415 e. The van der Waals surface area contributed by atoms with Gasteiger partial charge >= 0.3 is 6.09 Å². The lowest BCUT2D eigenvalue weighted by atomic mass is 9.51. The molecule has 2 heterocycles. The molecule has 1 amide bonds. The number of carbonyl (C=O) groups is 2. The molecule has 4 aliphatic rings. The van der Waals surface area contributed by atoms with Crippen LogP contribution >= 0.6 is 0 Å². The lowest BCUT2D eigenvalue weighted by Crippen LogP contribution is -2.66. The molecule has 2 bridgehead atoms. The van der Waals surface area contributed by atoms with Crippen molar-refractivity contribution in [2.75, 3.05) is 40.3 Å². The average molecular weight is 426 g/mol. The molecule has 0 radical (unpaired) electrons. The zero-order valence-electron chi connectivity index (χ0n) is 18.4. The number of benzene rings is 1. The SMILES string of the molecule is C=CCN1CC[C@]23c4c5ccc(OC(=O)N(C)CCNC)c4O[C@H]2C(=O)CC[C@H]3[C@H]1C5. The Labute approximate surface area is 183 Å². The fraction of sp³-hybridized carbons (Fsp3) is 0.583. The maximum Gasteiger partial charge on any atom is 0.415 e. The van der Waals surface area contributed by atoms with Gasteiger partial charge in [-0.05, 0) is 50.4 Å². The lowest BCUT2D eigenvalue weighted by molar-refractivity contribution is -0.138. The van der Waals surface area contributed by atoms with E-state index >= 15 is 0 Å². The van der Waals surface area contributed by atoms with Crippen molar-refractivity contribution in [1.82, 2.24) is 15.1 Å². The first-order chi connectivity index (χ1) is 15.0. The Kier molecular flexibility index (Phi) is 5.06. The summed E-state index contributed by atoms with van der Waals surface area (Å²) in [5, 5.41) is 3.03. The molecule has 1 saturated carbocycles. The molecular weight excluding hydrogens is 394 g/mol. The van der Waals surface area contributed by atoms with Crippen molar-refractivity contribution in [2.45, 2.75) is 43.2 Å². The van der Waals surface area contributed by atoms with Gasteiger partial charge in [-0.2, -0.15) is 0 Å². The van der Waals surface area contributed by atoms with Crippen molar-refractivity contribution in [3.63, 3.8) is 0 Å². The minimum atomic E-state index is -0.462. The third-order valence-electron chi connectivity index (χ3n) is 7.78. The van der Waals surface area contributed by atoms with Gasteiger partial charge in [0.25, 0.3) is 0 Å². The highest BCUT2D eigenvalue weighted by atomic mass is 16.6. The van der Waals surface area contributed by atoms with Crippen LogP contribution in [0.2, 0.25) is 0 Å². The van der Waals surface area contributed by atoms with E-state index < -0.39 is 12.2 Å². The molecule has 7 nitrogen and oxygen atoms in total. The monoisotopic (exact) mass is 425 g/mol. The molecule has 7 heteroatoms. The van der Waals surface area contributed by atoms with Gasteiger partial charge in [0, 0.05) is 50.1 Å². The molecule has 166 valence electrons. The van der Waals surface area contributed by atoms with Gasteiger partial charge in [0.2, 0.25) is 0 Å². The van der Waals surface area contributed by atoms with Gasteiger partial charge in [-0.25, -0.2) is 4.79 Å². The molecule has 1 spiro atoms. The van der Waals surface area contributed by atoms with E-state index in [4.69, 9.17) is 9.47 Å². The van der Waals surface area contributed by atoms with E-state index in [1.54, 1.807) is 11.9 Å². The Hall–Kier alpha value is -2.38. The van der Waals surface area contributed by atoms with Crippen LogP contribution in [0.25, 0.3) is 0 Å². The highest BCUT2D eigenvalue weighted by Crippen LogP contribution is 2.63. The van der Waals surface area contributed by atoms with E-state index in [9.17, 15) is 9.59 Å². The molecule has 0 aromatic heterocycles. The van der Waals surface area contributed by atoms with E-state index in [1.165, 1.54) is 5.56 Å². The predicted molar refractivity (Wildman–Crippen MR) is 117 cm³/mol. The number of ketones is 1. The summed E-state index contributed by atoms with van der Waals surface area (Å²) in [6.45, 7) is 6.96. The molecular formula is C24H31N3O4. The van der Waals surface area contributed by atoms with Gasteiger partial charge in [-0.1, -0.05) is 12.1 Å². The van der Waals surface area contributed by atoms with E-state index in [2.05, 4.69) is 22.9 Å². The van der Waals surface area contributed by atoms with Gasteiger partial charge in [-0.15, -0.1) is 6.58 Å². The summed E-state index contributed by atoms with van der Waals surface area (Å²) in [5.41, 5.74) is 2.07. The van der Waals surface area contributed by atoms with E-state index in [0.29, 0.717) is 43.0 Å². The molecule has 2 fully saturated rings. The summed E-state index contributed by atoms with van der Waals surface area (Å²) in [5.74, 6) is 1.61. The Morgan fingerprint density at radius 2 is 2.32 bits per heavy atom. The summed E-state index contributed by atoms with van der Waals surface area (Å²) in [6, 6.07) is 4.30. The molecule has 1 saturated heterocycles. The number of likely N-dealkylation sites (N-methyl/N-ethyl adjacent to an activating group) is 2. The average Bonchev–Trinajstić information content (AvgIpc) is 3.12. The topological polar surface area (TPSA) is 71.1 Å². The third kappa shape index (κ3) is 2.93. The Morgan fingerprint density at radius 1 is 1.48 bits per heavy atom. The van der Waals surface area contributed by atoms with Crippen molar-refractivity contribution in [3.8, 4) is 11.5 Å². The second-order valence-electron chi connectivity index (χ2n) is 9.27. The van der Waals surface area contributed by atoms with Crippen LogP contribution < -0.4 is 14.8 Å². The number of ether oxygens (including phenoxy) is 2. The fourth-order valence-electron chi connectivity index (χ4n) is 6.41. The first kappa shape index (κ1) is 20.5. The molecule has 1 aromatic carbocycles. The van der Waals surface area contributed by atoms with Crippen molar-refractivity contribution < 1.29 is 19.1 Å². The fourth-order valence-corrected chi connectivity index (χ4v) is 6.41. The maximum atomic E-state index is 13.0. The maximum absolute atomic E-state index is 13.0. The molecule has 1 N–H and O–H groups in total. The summed E-state index contributed by atoms with van der Waals surface area (Å²) in [6.07, 6.45) is 4.37. The number of rotatable bonds is 6. The van der Waals surface area contributed by atoms with E-state index in [-0.39, 0.29) is 11.2 Å². The predicted octanol–water partition coefficient (Wildman–Crippen LogP) is 2.13. The minimum absolute atomic E-state index is 0.180.